The number of carbonyl (C=O) groups is 2. The van der Waals surface area contributed by atoms with E-state index in [4.69, 9.17) is 9.47 Å². The van der Waals surface area contributed by atoms with E-state index in [-0.39, 0.29) is 18.4 Å². The molecule has 3 aromatic rings. The first-order chi connectivity index (χ1) is 16.1. The number of hydrogen-bond acceptors (Lipinski definition) is 7. The van der Waals surface area contributed by atoms with Crippen molar-refractivity contribution in [3.8, 4) is 22.2 Å². The molecule has 1 N–H and O–H groups in total. The third-order valence-electron chi connectivity index (χ3n) is 5.20. The Morgan fingerprint density at radius 1 is 1.09 bits per heavy atom. The number of benzene rings is 1. The maximum absolute atomic E-state index is 12.8. The highest BCUT2D eigenvalue weighted by Gasteiger charge is 2.19. The van der Waals surface area contributed by atoms with Gasteiger partial charge in [0, 0.05) is 30.2 Å². The fourth-order valence-corrected chi connectivity index (χ4v) is 4.26. The number of carbonyl (C=O) groups excluding carboxylic acids is 2. The van der Waals surface area contributed by atoms with Gasteiger partial charge in [0.1, 0.15) is 10.8 Å². The molecule has 1 aromatic carbocycles. The second kappa shape index (κ2) is 10.9. The summed E-state index contributed by atoms with van der Waals surface area (Å²) in [6.07, 6.45) is 4.92. The molecule has 1 fully saturated rings. The van der Waals surface area contributed by atoms with Gasteiger partial charge >= 0.3 is 0 Å². The van der Waals surface area contributed by atoms with Crippen LogP contribution in [0.5, 0.6) is 11.5 Å². The van der Waals surface area contributed by atoms with E-state index in [0.717, 1.165) is 43.1 Å². The van der Waals surface area contributed by atoms with Crippen molar-refractivity contribution in [3.63, 3.8) is 0 Å². The number of likely N-dealkylation sites (tertiary alicyclic amines) is 1. The number of aromatic nitrogens is 2. The fourth-order valence-electron chi connectivity index (χ4n) is 3.54. The molecule has 0 atom stereocenters. The Morgan fingerprint density at radius 2 is 1.94 bits per heavy atom. The van der Waals surface area contributed by atoms with E-state index in [1.54, 1.807) is 29.8 Å². The van der Waals surface area contributed by atoms with Crippen LogP contribution in [0.15, 0.2) is 48.0 Å². The summed E-state index contributed by atoms with van der Waals surface area (Å²) in [6, 6.07) is 10.5. The van der Waals surface area contributed by atoms with Crippen LogP contribution in [0, 0.1) is 0 Å². The molecule has 9 heteroatoms. The molecule has 3 heterocycles. The summed E-state index contributed by atoms with van der Waals surface area (Å²) in [4.78, 5) is 35.7. The van der Waals surface area contributed by atoms with Crippen molar-refractivity contribution in [1.82, 2.24) is 14.9 Å². The molecule has 0 bridgehead atoms. The number of nitrogens with zero attached hydrogens (tertiary/aromatic N) is 3. The summed E-state index contributed by atoms with van der Waals surface area (Å²) in [6.45, 7) is 3.75. The minimum atomic E-state index is -0.315. The molecule has 8 nitrogen and oxygen atoms in total. The van der Waals surface area contributed by atoms with Crippen LogP contribution in [-0.4, -0.2) is 53.0 Å². The Hall–Kier alpha value is -3.46. The lowest BCUT2D eigenvalue weighted by Gasteiger charge is -2.26. The van der Waals surface area contributed by atoms with Crippen LogP contribution < -0.4 is 14.8 Å². The van der Waals surface area contributed by atoms with Gasteiger partial charge in [0.05, 0.1) is 12.3 Å². The number of hydrogen-bond donors (Lipinski definition) is 1. The van der Waals surface area contributed by atoms with Crippen LogP contribution in [0.2, 0.25) is 0 Å². The first kappa shape index (κ1) is 22.7. The van der Waals surface area contributed by atoms with E-state index < -0.39 is 0 Å². The maximum atomic E-state index is 12.8. The first-order valence-electron chi connectivity index (χ1n) is 11.0. The van der Waals surface area contributed by atoms with Crippen molar-refractivity contribution in [2.75, 3.05) is 31.6 Å². The van der Waals surface area contributed by atoms with Gasteiger partial charge in [-0.25, -0.2) is 4.98 Å². The summed E-state index contributed by atoms with van der Waals surface area (Å²) in [5.41, 5.74) is 1.16. The van der Waals surface area contributed by atoms with Gasteiger partial charge in [-0.3, -0.25) is 14.6 Å². The normalized spacial score (nSPS) is 13.4. The predicted octanol–water partition coefficient (Wildman–Crippen LogP) is 4.25. The molecular formula is C24H26N4O4S. The van der Waals surface area contributed by atoms with Crippen LogP contribution in [-0.2, 0) is 4.79 Å². The third kappa shape index (κ3) is 5.87. The van der Waals surface area contributed by atoms with Crippen molar-refractivity contribution in [3.05, 3.63) is 53.5 Å². The molecular weight excluding hydrogens is 440 g/mol. The Balaban J connectivity index is 1.41. The van der Waals surface area contributed by atoms with E-state index >= 15 is 0 Å². The number of anilines is 1. The highest BCUT2D eigenvalue weighted by Crippen LogP contribution is 2.30. The van der Waals surface area contributed by atoms with Gasteiger partial charge in [0.2, 0.25) is 0 Å². The summed E-state index contributed by atoms with van der Waals surface area (Å²) < 4.78 is 11.4. The van der Waals surface area contributed by atoms with Gasteiger partial charge in [-0.1, -0.05) is 6.07 Å². The molecule has 2 amide bonds. The molecule has 0 unspecified atom stereocenters. The Kier molecular flexibility index (Phi) is 7.51. The first-order valence-corrected chi connectivity index (χ1v) is 11.9. The summed E-state index contributed by atoms with van der Waals surface area (Å²) in [5, 5.41) is 5.30. The maximum Gasteiger partial charge on any atom is 0.260 e. The molecule has 4 rings (SSSR count). The third-order valence-corrected chi connectivity index (χ3v) is 6.06. The largest absolute Gasteiger partial charge is 0.490 e. The number of thiazole rings is 1. The Bertz CT molecular complexity index is 1100. The molecule has 1 aliphatic rings. The van der Waals surface area contributed by atoms with Crippen LogP contribution in [0.3, 0.4) is 0 Å². The Morgan fingerprint density at radius 3 is 2.70 bits per heavy atom. The highest BCUT2D eigenvalue weighted by atomic mass is 32.1. The quantitative estimate of drug-likeness (QED) is 0.534. The molecule has 0 saturated carbocycles. The average molecular weight is 467 g/mol. The number of piperidine rings is 1. The zero-order chi connectivity index (χ0) is 23.0. The van der Waals surface area contributed by atoms with Gasteiger partial charge in [-0.15, -0.1) is 11.3 Å². The van der Waals surface area contributed by atoms with Gasteiger partial charge in [-0.2, -0.15) is 0 Å². The van der Waals surface area contributed by atoms with Gasteiger partial charge < -0.3 is 19.7 Å². The molecule has 0 radical (unpaired) electrons. The van der Waals surface area contributed by atoms with Crippen LogP contribution in [0.1, 0.15) is 36.5 Å². The van der Waals surface area contributed by atoms with Crippen molar-refractivity contribution in [2.24, 2.45) is 0 Å². The SMILES string of the molecule is CCOc1cc(C(=O)Nc2csc(-c3ccccn3)n2)ccc1OCC(=O)N1CCCCC1. The van der Waals surface area contributed by atoms with E-state index in [0.29, 0.717) is 29.5 Å². The van der Waals surface area contributed by atoms with Crippen LogP contribution in [0.4, 0.5) is 5.82 Å². The van der Waals surface area contributed by atoms with Crippen molar-refractivity contribution in [1.29, 1.82) is 0 Å². The van der Waals surface area contributed by atoms with E-state index in [1.165, 1.54) is 11.3 Å². The number of nitrogens with one attached hydrogen (secondary N) is 1. The fraction of sp³-hybridized carbons (Fsp3) is 0.333. The van der Waals surface area contributed by atoms with Gasteiger partial charge in [0.25, 0.3) is 11.8 Å². The second-order valence-electron chi connectivity index (χ2n) is 7.53. The molecule has 172 valence electrons. The number of rotatable bonds is 8. The molecule has 33 heavy (non-hydrogen) atoms. The summed E-state index contributed by atoms with van der Waals surface area (Å²) in [5.74, 6) is 0.959. The zero-order valence-corrected chi connectivity index (χ0v) is 19.3. The molecule has 1 aliphatic heterocycles. The lowest BCUT2D eigenvalue weighted by molar-refractivity contribution is -0.134. The topological polar surface area (TPSA) is 93.6 Å². The average Bonchev–Trinajstić information content (AvgIpc) is 3.32. The van der Waals surface area contributed by atoms with Crippen molar-refractivity contribution >= 4 is 29.0 Å². The monoisotopic (exact) mass is 466 g/mol. The minimum Gasteiger partial charge on any atom is -0.490 e. The highest BCUT2D eigenvalue weighted by molar-refractivity contribution is 7.13. The van der Waals surface area contributed by atoms with Gasteiger partial charge in [0.15, 0.2) is 18.1 Å². The van der Waals surface area contributed by atoms with Crippen LogP contribution >= 0.6 is 11.3 Å². The zero-order valence-electron chi connectivity index (χ0n) is 18.5. The number of pyridine rings is 1. The molecule has 0 spiro atoms. The lowest BCUT2D eigenvalue weighted by Crippen LogP contribution is -2.38. The lowest BCUT2D eigenvalue weighted by atomic mass is 10.1. The number of amides is 2. The molecule has 1 saturated heterocycles. The predicted molar refractivity (Wildman–Crippen MR) is 127 cm³/mol. The Labute approximate surface area is 196 Å². The van der Waals surface area contributed by atoms with E-state index in [9.17, 15) is 9.59 Å². The standard InChI is InChI=1S/C24H26N4O4S/c1-2-31-20-14-17(9-10-19(20)32-15-22(29)28-12-6-3-7-13-28)23(30)26-21-16-33-24(27-21)18-8-4-5-11-25-18/h4-5,8-11,14,16H,2-3,6-7,12-13,15H2,1H3,(H,26,30). The molecule has 2 aromatic heterocycles. The van der Waals surface area contributed by atoms with Gasteiger partial charge in [-0.05, 0) is 56.5 Å². The van der Waals surface area contributed by atoms with E-state index in [2.05, 4.69) is 15.3 Å². The van der Waals surface area contributed by atoms with Crippen LogP contribution in [0.25, 0.3) is 10.7 Å². The van der Waals surface area contributed by atoms with Crippen molar-refractivity contribution in [2.45, 2.75) is 26.2 Å². The molecule has 0 aliphatic carbocycles. The summed E-state index contributed by atoms with van der Waals surface area (Å²) in [7, 11) is 0. The number of ether oxygens (including phenoxy) is 2. The smallest absolute Gasteiger partial charge is 0.260 e. The second-order valence-corrected chi connectivity index (χ2v) is 8.39. The summed E-state index contributed by atoms with van der Waals surface area (Å²) >= 11 is 1.41. The minimum absolute atomic E-state index is 0.0359. The van der Waals surface area contributed by atoms with Crippen molar-refractivity contribution < 1.29 is 19.1 Å². The van der Waals surface area contributed by atoms with E-state index in [1.807, 2.05) is 30.0 Å².